The smallest absolute Gasteiger partial charge is 0.224 e. The molecule has 1 amide bonds. The summed E-state index contributed by atoms with van der Waals surface area (Å²) in [6.45, 7) is 0.749. The van der Waals surface area contributed by atoms with Crippen LogP contribution in [0.25, 0.3) is 0 Å². The summed E-state index contributed by atoms with van der Waals surface area (Å²) >= 11 is 0. The van der Waals surface area contributed by atoms with Crippen molar-refractivity contribution in [3.63, 3.8) is 0 Å². The van der Waals surface area contributed by atoms with Crippen LogP contribution in [0.5, 0.6) is 5.75 Å². The van der Waals surface area contributed by atoms with Gasteiger partial charge in [0, 0.05) is 6.54 Å². The molecule has 1 aromatic carbocycles. The fourth-order valence-electron chi connectivity index (χ4n) is 1.76. The summed E-state index contributed by atoms with van der Waals surface area (Å²) in [7, 11) is 0. The highest BCUT2D eigenvalue weighted by Crippen LogP contribution is 2.19. The van der Waals surface area contributed by atoms with E-state index in [0.717, 1.165) is 24.9 Å². The van der Waals surface area contributed by atoms with Crippen LogP contribution in [-0.4, -0.2) is 17.6 Å². The maximum Gasteiger partial charge on any atom is 0.224 e. The lowest BCUT2D eigenvalue weighted by atomic mass is 9.98. The molecule has 0 fully saturated rings. The molecule has 0 bridgehead atoms. The highest BCUT2D eigenvalue weighted by molar-refractivity contribution is 5.79. The van der Waals surface area contributed by atoms with E-state index in [4.69, 9.17) is 0 Å². The first-order chi connectivity index (χ1) is 6.75. The average molecular weight is 191 g/mol. The lowest BCUT2D eigenvalue weighted by Gasteiger charge is -2.14. The number of amides is 1. The third-order valence-electron chi connectivity index (χ3n) is 2.49. The molecule has 0 unspecified atom stereocenters. The van der Waals surface area contributed by atoms with Crippen LogP contribution in [0.15, 0.2) is 18.2 Å². The molecule has 1 heterocycles. The van der Waals surface area contributed by atoms with Gasteiger partial charge in [-0.2, -0.15) is 0 Å². The number of rotatable bonds is 0. The fraction of sp³-hybridized carbons (Fsp3) is 0.364. The average Bonchev–Trinajstić information content (AvgIpc) is 2.12. The second-order valence-electron chi connectivity index (χ2n) is 3.58. The molecule has 74 valence electrons. The van der Waals surface area contributed by atoms with Gasteiger partial charge in [0.1, 0.15) is 5.75 Å². The van der Waals surface area contributed by atoms with E-state index >= 15 is 0 Å². The number of carbonyl (C=O) groups is 1. The minimum absolute atomic E-state index is 0.0385. The van der Waals surface area contributed by atoms with Crippen LogP contribution in [0.3, 0.4) is 0 Å². The number of aromatic hydroxyl groups is 1. The second kappa shape index (κ2) is 3.70. The number of aryl methyl sites for hydroxylation is 1. The second-order valence-corrected chi connectivity index (χ2v) is 3.58. The predicted molar refractivity (Wildman–Crippen MR) is 53.1 cm³/mol. The minimum atomic E-state index is 0.0385. The number of nitrogens with one attached hydrogen (secondary N) is 1. The molecule has 3 nitrogen and oxygen atoms in total. The molecule has 0 radical (unpaired) electrons. The largest absolute Gasteiger partial charge is 0.508 e. The van der Waals surface area contributed by atoms with E-state index in [-0.39, 0.29) is 11.7 Å². The lowest BCUT2D eigenvalue weighted by molar-refractivity contribution is -0.120. The molecular formula is C11H13NO2. The fourth-order valence-corrected chi connectivity index (χ4v) is 1.76. The molecule has 1 aromatic rings. The Labute approximate surface area is 82.8 Å². The van der Waals surface area contributed by atoms with Gasteiger partial charge in [-0.3, -0.25) is 4.79 Å². The number of phenolic OH excluding ortho intramolecular Hbond substituents is 1. The summed E-state index contributed by atoms with van der Waals surface area (Å²) in [4.78, 5) is 11.3. The summed E-state index contributed by atoms with van der Waals surface area (Å²) < 4.78 is 0. The van der Waals surface area contributed by atoms with Crippen molar-refractivity contribution < 1.29 is 9.90 Å². The third kappa shape index (κ3) is 1.87. The molecule has 0 atom stereocenters. The first-order valence-corrected chi connectivity index (χ1v) is 4.83. The van der Waals surface area contributed by atoms with Crippen molar-refractivity contribution in [1.82, 2.24) is 5.32 Å². The molecule has 0 saturated carbocycles. The highest BCUT2D eigenvalue weighted by Gasteiger charge is 2.11. The summed E-state index contributed by atoms with van der Waals surface area (Å²) in [6.07, 6.45) is 2.31. The van der Waals surface area contributed by atoms with Crippen LogP contribution in [0.1, 0.15) is 17.5 Å². The van der Waals surface area contributed by atoms with Gasteiger partial charge in [0.15, 0.2) is 0 Å². The van der Waals surface area contributed by atoms with Crippen molar-refractivity contribution in [3.05, 3.63) is 29.3 Å². The summed E-state index contributed by atoms with van der Waals surface area (Å²) in [5.41, 5.74) is 2.12. The zero-order valence-corrected chi connectivity index (χ0v) is 7.92. The van der Waals surface area contributed by atoms with Gasteiger partial charge in [0.2, 0.25) is 5.91 Å². The maximum atomic E-state index is 11.3. The van der Waals surface area contributed by atoms with Gasteiger partial charge >= 0.3 is 0 Å². The van der Waals surface area contributed by atoms with Gasteiger partial charge in [-0.15, -0.1) is 0 Å². The van der Waals surface area contributed by atoms with E-state index in [1.807, 2.05) is 6.07 Å². The van der Waals surface area contributed by atoms with Gasteiger partial charge in [-0.25, -0.2) is 0 Å². The SMILES string of the molecule is O=C1Cc2cc(O)ccc2CCCN1. The third-order valence-corrected chi connectivity index (χ3v) is 2.49. The minimum Gasteiger partial charge on any atom is -0.508 e. The molecule has 0 saturated heterocycles. The van der Waals surface area contributed by atoms with E-state index in [1.54, 1.807) is 12.1 Å². The van der Waals surface area contributed by atoms with Gasteiger partial charge in [-0.05, 0) is 36.1 Å². The van der Waals surface area contributed by atoms with Crippen LogP contribution in [0, 0.1) is 0 Å². The van der Waals surface area contributed by atoms with Gasteiger partial charge in [0.25, 0.3) is 0 Å². The molecule has 0 aromatic heterocycles. The number of hydrogen-bond donors (Lipinski definition) is 2. The van der Waals surface area contributed by atoms with E-state index < -0.39 is 0 Å². The van der Waals surface area contributed by atoms with Crippen molar-refractivity contribution in [3.8, 4) is 5.75 Å². The molecule has 2 rings (SSSR count). The molecule has 2 N–H and O–H groups in total. The monoisotopic (exact) mass is 191 g/mol. The Bertz CT molecular complexity index is 360. The summed E-state index contributed by atoms with van der Waals surface area (Å²) in [5.74, 6) is 0.272. The molecular weight excluding hydrogens is 178 g/mol. The highest BCUT2D eigenvalue weighted by atomic mass is 16.3. The zero-order valence-electron chi connectivity index (χ0n) is 7.92. The predicted octanol–water partition coefficient (Wildman–Crippen LogP) is 0.997. The molecule has 0 aliphatic carbocycles. The number of carbonyl (C=O) groups excluding carboxylic acids is 1. The van der Waals surface area contributed by atoms with Crippen molar-refractivity contribution >= 4 is 5.91 Å². The Morgan fingerprint density at radius 1 is 1.29 bits per heavy atom. The Morgan fingerprint density at radius 2 is 2.14 bits per heavy atom. The zero-order chi connectivity index (χ0) is 9.97. The summed E-state index contributed by atoms with van der Waals surface area (Å²) in [6, 6.07) is 5.27. The topological polar surface area (TPSA) is 49.3 Å². The Kier molecular flexibility index (Phi) is 2.39. The molecule has 14 heavy (non-hydrogen) atoms. The van der Waals surface area contributed by atoms with E-state index in [2.05, 4.69) is 5.32 Å². The Hall–Kier alpha value is -1.51. The van der Waals surface area contributed by atoms with Gasteiger partial charge in [0.05, 0.1) is 6.42 Å². The number of benzene rings is 1. The Morgan fingerprint density at radius 3 is 3.00 bits per heavy atom. The number of fused-ring (bicyclic) bond motifs is 1. The van der Waals surface area contributed by atoms with Crippen molar-refractivity contribution in [1.29, 1.82) is 0 Å². The standard InChI is InChI=1S/C11H13NO2/c13-10-4-3-8-2-1-5-12-11(14)7-9(8)6-10/h3-4,6,13H,1-2,5,7H2,(H,12,14). The lowest BCUT2D eigenvalue weighted by Crippen LogP contribution is -2.28. The van der Waals surface area contributed by atoms with Crippen molar-refractivity contribution in [2.75, 3.05) is 6.54 Å². The van der Waals surface area contributed by atoms with E-state index in [9.17, 15) is 9.90 Å². The quantitative estimate of drug-likeness (QED) is 0.642. The molecule has 3 heteroatoms. The Balaban J connectivity index is 2.34. The molecule has 1 aliphatic heterocycles. The van der Waals surface area contributed by atoms with Gasteiger partial charge < -0.3 is 10.4 Å². The first-order valence-electron chi connectivity index (χ1n) is 4.83. The van der Waals surface area contributed by atoms with Crippen molar-refractivity contribution in [2.24, 2.45) is 0 Å². The number of phenols is 1. The van der Waals surface area contributed by atoms with E-state index in [1.165, 1.54) is 5.56 Å². The molecule has 0 spiro atoms. The van der Waals surface area contributed by atoms with Crippen LogP contribution >= 0.6 is 0 Å². The van der Waals surface area contributed by atoms with Crippen LogP contribution in [0.2, 0.25) is 0 Å². The number of hydrogen-bond acceptors (Lipinski definition) is 2. The van der Waals surface area contributed by atoms with Crippen LogP contribution in [-0.2, 0) is 17.6 Å². The van der Waals surface area contributed by atoms with Crippen molar-refractivity contribution in [2.45, 2.75) is 19.3 Å². The van der Waals surface area contributed by atoms with E-state index in [0.29, 0.717) is 6.42 Å². The van der Waals surface area contributed by atoms with Gasteiger partial charge in [-0.1, -0.05) is 6.07 Å². The molecule has 1 aliphatic rings. The maximum absolute atomic E-state index is 11.3. The normalized spacial score (nSPS) is 16.4. The first kappa shape index (κ1) is 9.06. The summed E-state index contributed by atoms with van der Waals surface area (Å²) in [5, 5.41) is 12.1. The van der Waals surface area contributed by atoms with Crippen LogP contribution in [0.4, 0.5) is 0 Å². The van der Waals surface area contributed by atoms with Crippen LogP contribution < -0.4 is 5.32 Å².